The van der Waals surface area contributed by atoms with Crippen LogP contribution in [-0.2, 0) is 0 Å². The summed E-state index contributed by atoms with van der Waals surface area (Å²) in [6, 6.07) is 12.9. The van der Waals surface area contributed by atoms with Gasteiger partial charge in [-0.1, -0.05) is 0 Å². The van der Waals surface area contributed by atoms with Gasteiger partial charge in [-0.15, -0.1) is 0 Å². The summed E-state index contributed by atoms with van der Waals surface area (Å²) in [6.45, 7) is 1.58. The highest BCUT2D eigenvalue weighted by atomic mass is 19.3. The number of benzene rings is 3. The molecular weight excluding hydrogens is 454 g/mol. The van der Waals surface area contributed by atoms with E-state index >= 15 is 0 Å². The van der Waals surface area contributed by atoms with Crippen LogP contribution in [0.5, 0.6) is 11.5 Å². The van der Waals surface area contributed by atoms with E-state index in [1.54, 1.807) is 6.92 Å². The normalized spacial score (nSPS) is 11.0. The van der Waals surface area contributed by atoms with Crippen molar-refractivity contribution in [3.8, 4) is 11.5 Å². The lowest BCUT2D eigenvalue weighted by molar-refractivity contribution is 0.0722. The predicted octanol–water partition coefficient (Wildman–Crippen LogP) is 6.20. The summed E-state index contributed by atoms with van der Waals surface area (Å²) in [6.07, 6.45) is -2.94. The molecule has 3 aromatic carbocycles. The Bertz CT molecular complexity index is 1390. The highest BCUT2D eigenvalue weighted by Gasteiger charge is 2.20. The highest BCUT2D eigenvalue weighted by Crippen LogP contribution is 2.34. The number of aromatic nitrogens is 1. The van der Waals surface area contributed by atoms with E-state index in [2.05, 4.69) is 4.98 Å². The molecule has 0 saturated carbocycles. The minimum Gasteiger partial charge on any atom is -0.423 e. The summed E-state index contributed by atoms with van der Waals surface area (Å²) < 4.78 is 63.8. The van der Waals surface area contributed by atoms with Crippen LogP contribution in [0, 0.1) is 18.6 Å². The van der Waals surface area contributed by atoms with Gasteiger partial charge in [-0.3, -0.25) is 0 Å². The molecule has 0 spiro atoms. The van der Waals surface area contributed by atoms with Gasteiger partial charge in [-0.05, 0) is 73.2 Å². The fourth-order valence-electron chi connectivity index (χ4n) is 3.14. The molecule has 0 saturated heterocycles. The van der Waals surface area contributed by atoms with Gasteiger partial charge in [0.15, 0.2) is 0 Å². The first-order chi connectivity index (χ1) is 16.2. The second-order valence-corrected chi connectivity index (χ2v) is 7.27. The molecule has 1 heterocycles. The number of ether oxygens (including phenoxy) is 2. The number of hydrogen-bond donors (Lipinski definition) is 0. The summed E-state index contributed by atoms with van der Waals surface area (Å²) >= 11 is 0. The number of halogens is 4. The van der Waals surface area contributed by atoms with Crippen LogP contribution in [-0.4, -0.2) is 16.9 Å². The minimum absolute atomic E-state index is 0.0000296. The molecule has 5 nitrogen and oxygen atoms in total. The smallest absolute Gasteiger partial charge is 0.343 e. The summed E-state index contributed by atoms with van der Waals surface area (Å²) in [7, 11) is 0. The number of pyridine rings is 1. The number of rotatable bonds is 5. The number of fused-ring (bicyclic) bond motifs is 1. The molecule has 0 aliphatic carbocycles. The Morgan fingerprint density at radius 1 is 0.765 bits per heavy atom. The van der Waals surface area contributed by atoms with Crippen LogP contribution in [0.3, 0.4) is 0 Å². The van der Waals surface area contributed by atoms with E-state index in [4.69, 9.17) is 9.47 Å². The van der Waals surface area contributed by atoms with Crippen LogP contribution in [0.4, 0.5) is 17.6 Å². The second-order valence-electron chi connectivity index (χ2n) is 7.27. The van der Waals surface area contributed by atoms with Gasteiger partial charge in [0.1, 0.15) is 28.8 Å². The van der Waals surface area contributed by atoms with Crippen LogP contribution in [0.2, 0.25) is 0 Å². The topological polar surface area (TPSA) is 65.5 Å². The quantitative estimate of drug-likeness (QED) is 0.198. The molecule has 0 amide bonds. The summed E-state index contributed by atoms with van der Waals surface area (Å²) in [5, 5.41) is 0.132. The molecule has 0 fully saturated rings. The third-order valence-electron chi connectivity index (χ3n) is 4.88. The maximum Gasteiger partial charge on any atom is 0.343 e. The Morgan fingerprint density at radius 3 is 1.76 bits per heavy atom. The van der Waals surface area contributed by atoms with Crippen molar-refractivity contribution < 1.29 is 36.6 Å². The van der Waals surface area contributed by atoms with Crippen molar-refractivity contribution in [2.45, 2.75) is 13.3 Å². The van der Waals surface area contributed by atoms with Crippen molar-refractivity contribution in [2.24, 2.45) is 0 Å². The highest BCUT2D eigenvalue weighted by molar-refractivity contribution is 5.96. The Labute approximate surface area is 190 Å². The molecule has 0 N–H and O–H groups in total. The van der Waals surface area contributed by atoms with Gasteiger partial charge in [0.25, 0.3) is 6.43 Å². The molecule has 4 aromatic rings. The van der Waals surface area contributed by atoms with E-state index in [-0.39, 0.29) is 33.5 Å². The Balaban J connectivity index is 1.73. The van der Waals surface area contributed by atoms with Crippen LogP contribution in [0.1, 0.15) is 38.4 Å². The summed E-state index contributed by atoms with van der Waals surface area (Å²) in [5.41, 5.74) is -0.0450. The zero-order valence-electron chi connectivity index (χ0n) is 17.5. The molecular formula is C25H15F4NO4. The maximum absolute atomic E-state index is 13.4. The average Bonchev–Trinajstić information content (AvgIpc) is 2.80. The van der Waals surface area contributed by atoms with Crippen molar-refractivity contribution in [3.05, 3.63) is 101 Å². The van der Waals surface area contributed by atoms with E-state index in [0.29, 0.717) is 5.56 Å². The Morgan fingerprint density at radius 2 is 1.26 bits per heavy atom. The predicted molar refractivity (Wildman–Crippen MR) is 114 cm³/mol. The van der Waals surface area contributed by atoms with E-state index in [9.17, 15) is 27.2 Å². The number of aryl methyl sites for hydroxylation is 1. The lowest BCUT2D eigenvalue weighted by Crippen LogP contribution is -2.11. The number of carbonyl (C=O) groups excluding carboxylic acids is 2. The van der Waals surface area contributed by atoms with Gasteiger partial charge in [0, 0.05) is 11.5 Å². The molecule has 0 atom stereocenters. The van der Waals surface area contributed by atoms with Gasteiger partial charge < -0.3 is 9.47 Å². The molecule has 0 aliphatic rings. The largest absolute Gasteiger partial charge is 0.423 e. The fraction of sp³-hybridized carbons (Fsp3) is 0.0800. The molecule has 0 unspecified atom stereocenters. The third-order valence-corrected chi connectivity index (χ3v) is 4.88. The standard InChI is InChI=1S/C25H15F4NO4/c1-13-10-19-18(11-21(13)33-24(31)14-2-6-16(26)7-3-14)22(12-20(30-19)23(28)29)34-25(32)15-4-8-17(27)9-5-15/h2-12,23H,1H3. The van der Waals surface area contributed by atoms with Crippen LogP contribution in [0.15, 0.2) is 66.7 Å². The van der Waals surface area contributed by atoms with E-state index < -0.39 is 35.7 Å². The van der Waals surface area contributed by atoms with Gasteiger partial charge >= 0.3 is 11.9 Å². The number of alkyl halides is 2. The average molecular weight is 469 g/mol. The van der Waals surface area contributed by atoms with E-state index in [1.807, 2.05) is 0 Å². The molecule has 0 aliphatic heterocycles. The van der Waals surface area contributed by atoms with Crippen molar-refractivity contribution in [1.29, 1.82) is 0 Å². The maximum atomic E-state index is 13.4. The van der Waals surface area contributed by atoms with Crippen molar-refractivity contribution in [3.63, 3.8) is 0 Å². The first kappa shape index (κ1) is 22.9. The lowest BCUT2D eigenvalue weighted by Gasteiger charge is -2.13. The third kappa shape index (κ3) is 4.88. The lowest BCUT2D eigenvalue weighted by atomic mass is 10.1. The second kappa shape index (κ2) is 9.30. The first-order valence-electron chi connectivity index (χ1n) is 9.90. The van der Waals surface area contributed by atoms with Crippen molar-refractivity contribution >= 4 is 22.8 Å². The van der Waals surface area contributed by atoms with Crippen LogP contribution < -0.4 is 9.47 Å². The van der Waals surface area contributed by atoms with Crippen molar-refractivity contribution in [1.82, 2.24) is 4.98 Å². The molecule has 34 heavy (non-hydrogen) atoms. The fourth-order valence-corrected chi connectivity index (χ4v) is 3.14. The monoisotopic (exact) mass is 469 g/mol. The summed E-state index contributed by atoms with van der Waals surface area (Å²) in [5.74, 6) is -2.94. The van der Waals surface area contributed by atoms with E-state index in [0.717, 1.165) is 30.3 Å². The summed E-state index contributed by atoms with van der Waals surface area (Å²) in [4.78, 5) is 28.9. The van der Waals surface area contributed by atoms with Crippen LogP contribution >= 0.6 is 0 Å². The molecule has 0 radical (unpaired) electrons. The van der Waals surface area contributed by atoms with Crippen LogP contribution in [0.25, 0.3) is 10.9 Å². The molecule has 1 aromatic heterocycles. The minimum atomic E-state index is -2.94. The number of nitrogens with zero attached hydrogens (tertiary/aromatic N) is 1. The Kier molecular flexibility index (Phi) is 6.27. The molecule has 0 bridgehead atoms. The van der Waals surface area contributed by atoms with Gasteiger partial charge in [0.05, 0.1) is 16.6 Å². The molecule has 9 heteroatoms. The Hall–Kier alpha value is -4.27. The van der Waals surface area contributed by atoms with Gasteiger partial charge in [-0.2, -0.15) is 0 Å². The van der Waals surface area contributed by atoms with E-state index in [1.165, 1.54) is 36.4 Å². The number of carbonyl (C=O) groups is 2. The van der Waals surface area contributed by atoms with Crippen molar-refractivity contribution in [2.75, 3.05) is 0 Å². The first-order valence-corrected chi connectivity index (χ1v) is 9.90. The number of esters is 2. The zero-order chi connectivity index (χ0) is 24.4. The SMILES string of the molecule is Cc1cc2nc(C(F)F)cc(OC(=O)c3ccc(F)cc3)c2cc1OC(=O)c1ccc(F)cc1. The molecule has 4 rings (SSSR count). The zero-order valence-corrected chi connectivity index (χ0v) is 17.5. The molecule has 172 valence electrons. The number of hydrogen-bond acceptors (Lipinski definition) is 5. The van der Waals surface area contributed by atoms with Gasteiger partial charge in [-0.25, -0.2) is 32.1 Å². The van der Waals surface area contributed by atoms with Gasteiger partial charge in [0.2, 0.25) is 0 Å².